The molecule has 0 atom stereocenters. The number of thiophene rings is 1. The predicted molar refractivity (Wildman–Crippen MR) is 123 cm³/mol. The van der Waals surface area contributed by atoms with Crippen molar-refractivity contribution in [2.24, 2.45) is 4.99 Å². The van der Waals surface area contributed by atoms with Crippen LogP contribution in [0.4, 0.5) is 0 Å². The number of benzene rings is 2. The molecule has 0 aliphatic heterocycles. The Hall–Kier alpha value is -1.90. The van der Waals surface area contributed by atoms with E-state index in [0.29, 0.717) is 35.0 Å². The number of hydrogen-bond donors (Lipinski definition) is 0. The van der Waals surface area contributed by atoms with Crippen molar-refractivity contribution in [1.82, 2.24) is 4.57 Å². The van der Waals surface area contributed by atoms with Gasteiger partial charge in [0.05, 0.1) is 26.9 Å². The Balaban J connectivity index is 1.88. The van der Waals surface area contributed by atoms with Crippen molar-refractivity contribution in [1.29, 1.82) is 0 Å². The van der Waals surface area contributed by atoms with Gasteiger partial charge in [0.2, 0.25) is 0 Å². The Morgan fingerprint density at radius 1 is 1.10 bits per heavy atom. The molecule has 0 fully saturated rings. The van der Waals surface area contributed by atoms with Crippen molar-refractivity contribution in [2.45, 2.75) is 13.5 Å². The van der Waals surface area contributed by atoms with Crippen LogP contribution in [-0.2, 0) is 16.1 Å². The average molecular weight is 500 g/mol. The normalized spacial score (nSPS) is 12.1. The fourth-order valence-corrected chi connectivity index (χ4v) is 6.19. The number of ether oxygens (including phenoxy) is 1. The lowest BCUT2D eigenvalue weighted by Crippen LogP contribution is -2.23. The number of fused-ring (bicyclic) bond motifs is 2. The summed E-state index contributed by atoms with van der Waals surface area (Å²) in [5.41, 5.74) is 0.563. The first kappa shape index (κ1) is 21.3. The van der Waals surface area contributed by atoms with E-state index >= 15 is 0 Å². The van der Waals surface area contributed by atoms with Gasteiger partial charge in [-0.1, -0.05) is 64.3 Å². The molecule has 2 aromatic carbocycles. The van der Waals surface area contributed by atoms with Crippen molar-refractivity contribution < 1.29 is 14.3 Å². The van der Waals surface area contributed by atoms with Crippen molar-refractivity contribution in [2.75, 3.05) is 6.61 Å². The summed E-state index contributed by atoms with van der Waals surface area (Å²) in [6.07, 6.45) is 0. The highest BCUT2D eigenvalue weighted by molar-refractivity contribution is 7.21. The van der Waals surface area contributed by atoms with Gasteiger partial charge >= 0.3 is 5.97 Å². The molecule has 0 N–H and O–H groups in total. The fourth-order valence-electron chi connectivity index (χ4n) is 2.99. The Bertz CT molecular complexity index is 1370. The zero-order chi connectivity index (χ0) is 21.4. The molecule has 5 nitrogen and oxygen atoms in total. The molecule has 154 valence electrons. The Morgan fingerprint density at radius 2 is 1.87 bits per heavy atom. The molecular formula is C20H13Cl3N2O3S2. The summed E-state index contributed by atoms with van der Waals surface area (Å²) in [7, 11) is 0. The molecule has 0 aliphatic carbocycles. The number of thiazole rings is 1. The quantitative estimate of drug-likeness (QED) is 0.315. The molecule has 2 heterocycles. The van der Waals surface area contributed by atoms with Crippen LogP contribution in [0, 0.1) is 0 Å². The lowest BCUT2D eigenvalue weighted by atomic mass is 10.2. The number of rotatable bonds is 4. The fraction of sp³-hybridized carbons (Fsp3) is 0.150. The first-order valence-electron chi connectivity index (χ1n) is 8.79. The maximum absolute atomic E-state index is 13.0. The summed E-state index contributed by atoms with van der Waals surface area (Å²) in [5, 5.41) is 1.96. The van der Waals surface area contributed by atoms with E-state index in [1.54, 1.807) is 23.6 Å². The minimum Gasteiger partial charge on any atom is -0.465 e. The summed E-state index contributed by atoms with van der Waals surface area (Å²) in [5.74, 6) is -0.954. The zero-order valence-corrected chi connectivity index (χ0v) is 19.3. The van der Waals surface area contributed by atoms with Crippen molar-refractivity contribution in [3.05, 3.63) is 61.1 Å². The smallest absolute Gasteiger partial charge is 0.326 e. The molecule has 2 aromatic heterocycles. The maximum atomic E-state index is 13.0. The Morgan fingerprint density at radius 3 is 2.60 bits per heavy atom. The first-order valence-corrected chi connectivity index (χ1v) is 11.6. The topological polar surface area (TPSA) is 60.7 Å². The van der Waals surface area contributed by atoms with Crippen LogP contribution in [0.5, 0.6) is 0 Å². The standard InChI is InChI=1S/C20H13Cl3N2O3S2/c1-2-28-15(26)9-25-17-12(22)7-10(21)8-14(17)30-20(25)24-19(27)18-16(23)11-5-3-4-6-13(11)29-18/h3-8H,2,9H2,1H3. The number of nitrogens with zero attached hydrogens (tertiary/aromatic N) is 2. The van der Waals surface area contributed by atoms with Crippen LogP contribution in [-0.4, -0.2) is 23.1 Å². The number of esters is 1. The van der Waals surface area contributed by atoms with Crippen LogP contribution in [0.2, 0.25) is 15.1 Å². The van der Waals surface area contributed by atoms with Gasteiger partial charge in [0.1, 0.15) is 11.4 Å². The summed E-state index contributed by atoms with van der Waals surface area (Å²) in [6.45, 7) is 1.82. The summed E-state index contributed by atoms with van der Waals surface area (Å²) < 4.78 is 8.22. The second kappa shape index (κ2) is 8.69. The van der Waals surface area contributed by atoms with Gasteiger partial charge in [0.25, 0.3) is 5.91 Å². The largest absolute Gasteiger partial charge is 0.465 e. The highest BCUT2D eigenvalue weighted by atomic mass is 35.5. The second-order valence-corrected chi connectivity index (χ2v) is 9.45. The summed E-state index contributed by atoms with van der Waals surface area (Å²) in [4.78, 5) is 30.0. The van der Waals surface area contributed by atoms with Crippen LogP contribution < -0.4 is 4.80 Å². The number of hydrogen-bond acceptors (Lipinski definition) is 5. The maximum Gasteiger partial charge on any atom is 0.326 e. The second-order valence-electron chi connectivity index (χ2n) is 6.17. The lowest BCUT2D eigenvalue weighted by molar-refractivity contribution is -0.143. The minimum absolute atomic E-state index is 0.137. The van der Waals surface area contributed by atoms with E-state index in [2.05, 4.69) is 4.99 Å². The monoisotopic (exact) mass is 498 g/mol. The van der Waals surface area contributed by atoms with Crippen molar-refractivity contribution >= 4 is 89.7 Å². The van der Waals surface area contributed by atoms with E-state index in [1.165, 1.54) is 22.7 Å². The third-order valence-electron chi connectivity index (χ3n) is 4.21. The van der Waals surface area contributed by atoms with Gasteiger partial charge in [-0.15, -0.1) is 11.3 Å². The van der Waals surface area contributed by atoms with Gasteiger partial charge in [-0.05, 0) is 25.1 Å². The molecule has 0 saturated heterocycles. The molecule has 0 radical (unpaired) electrons. The number of amides is 1. The van der Waals surface area contributed by atoms with Crippen LogP contribution in [0.15, 0.2) is 41.4 Å². The number of halogens is 3. The van der Waals surface area contributed by atoms with E-state index in [0.717, 1.165) is 10.1 Å². The highest BCUT2D eigenvalue weighted by Crippen LogP contribution is 2.35. The third kappa shape index (κ3) is 4.00. The molecule has 10 heteroatoms. The molecule has 0 spiro atoms. The molecule has 1 amide bonds. The summed E-state index contributed by atoms with van der Waals surface area (Å²) in [6, 6.07) is 10.8. The van der Waals surface area contributed by atoms with Gasteiger partial charge < -0.3 is 9.30 Å². The number of carbonyl (C=O) groups excluding carboxylic acids is 2. The third-order valence-corrected chi connectivity index (χ3v) is 7.41. The van der Waals surface area contributed by atoms with Gasteiger partial charge in [-0.25, -0.2) is 0 Å². The number of carbonyl (C=O) groups is 2. The van der Waals surface area contributed by atoms with E-state index in [4.69, 9.17) is 39.5 Å². The summed E-state index contributed by atoms with van der Waals surface area (Å²) >= 11 is 21.4. The van der Waals surface area contributed by atoms with Crippen molar-refractivity contribution in [3.63, 3.8) is 0 Å². The first-order chi connectivity index (χ1) is 14.4. The minimum atomic E-state index is -0.493. The van der Waals surface area contributed by atoms with Crippen LogP contribution in [0.1, 0.15) is 16.6 Å². The van der Waals surface area contributed by atoms with E-state index < -0.39 is 11.9 Å². The molecule has 0 saturated carbocycles. The molecule has 4 rings (SSSR count). The van der Waals surface area contributed by atoms with Crippen LogP contribution >= 0.6 is 57.5 Å². The predicted octanol–water partition coefficient (Wildman–Crippen LogP) is 6.18. The molecule has 0 aliphatic rings. The Kier molecular flexibility index (Phi) is 6.18. The average Bonchev–Trinajstić information content (AvgIpc) is 3.20. The Labute approximate surface area is 194 Å². The molecule has 0 unspecified atom stereocenters. The van der Waals surface area contributed by atoms with E-state index in [-0.39, 0.29) is 13.2 Å². The van der Waals surface area contributed by atoms with Gasteiger partial charge in [0, 0.05) is 15.1 Å². The SMILES string of the molecule is CCOC(=O)Cn1c(=NC(=O)c2sc3ccccc3c2Cl)sc2cc(Cl)cc(Cl)c21. The van der Waals surface area contributed by atoms with E-state index in [1.807, 2.05) is 24.3 Å². The van der Waals surface area contributed by atoms with Gasteiger partial charge in [-0.2, -0.15) is 4.99 Å². The van der Waals surface area contributed by atoms with E-state index in [9.17, 15) is 9.59 Å². The van der Waals surface area contributed by atoms with Crippen LogP contribution in [0.3, 0.4) is 0 Å². The molecule has 4 aromatic rings. The van der Waals surface area contributed by atoms with Gasteiger partial charge in [0.15, 0.2) is 4.80 Å². The number of aromatic nitrogens is 1. The molecule has 30 heavy (non-hydrogen) atoms. The molecular weight excluding hydrogens is 487 g/mol. The van der Waals surface area contributed by atoms with Gasteiger partial charge in [-0.3, -0.25) is 9.59 Å². The lowest BCUT2D eigenvalue weighted by Gasteiger charge is -2.06. The van der Waals surface area contributed by atoms with Crippen molar-refractivity contribution in [3.8, 4) is 0 Å². The zero-order valence-electron chi connectivity index (χ0n) is 15.4. The molecule has 0 bridgehead atoms. The highest BCUT2D eigenvalue weighted by Gasteiger charge is 2.19. The van der Waals surface area contributed by atoms with Crippen LogP contribution in [0.25, 0.3) is 20.3 Å².